The predicted molar refractivity (Wildman–Crippen MR) is 131 cm³/mol. The third-order valence-electron chi connectivity index (χ3n) is 4.82. The minimum Gasteiger partial charge on any atom is -0.462 e. The molecule has 0 aliphatic heterocycles. The number of carbonyl (C=O) groups is 2. The zero-order valence-electron chi connectivity index (χ0n) is 19.1. The van der Waals surface area contributed by atoms with Crippen molar-refractivity contribution in [2.75, 3.05) is 22.5 Å². The molecule has 0 aliphatic rings. The standard InChI is InChI=1S/C25H26N2O6S/c1-4-32-25(29)19-10-12-20(13-11-19)26-24(28)18(2)27(34(3,30)31)21-14-16-23(17-15-21)33-22-8-6-5-7-9-22/h5-18H,4H2,1-3H3,(H,26,28)/t18-/m1/s1. The van der Waals surface area contributed by atoms with Gasteiger partial charge in [-0.25, -0.2) is 13.2 Å². The number of carbonyl (C=O) groups excluding carboxylic acids is 2. The topological polar surface area (TPSA) is 102 Å². The van der Waals surface area contributed by atoms with Gasteiger partial charge in [-0.1, -0.05) is 18.2 Å². The maximum Gasteiger partial charge on any atom is 0.338 e. The number of amides is 1. The number of rotatable bonds is 9. The Labute approximate surface area is 199 Å². The van der Waals surface area contributed by atoms with Crippen LogP contribution < -0.4 is 14.4 Å². The van der Waals surface area contributed by atoms with Crippen molar-refractivity contribution in [1.82, 2.24) is 0 Å². The van der Waals surface area contributed by atoms with E-state index in [1.54, 1.807) is 43.3 Å². The summed E-state index contributed by atoms with van der Waals surface area (Å²) >= 11 is 0. The molecule has 3 aromatic carbocycles. The van der Waals surface area contributed by atoms with Crippen LogP contribution in [0.15, 0.2) is 78.9 Å². The Morgan fingerprint density at radius 3 is 2.06 bits per heavy atom. The second-order valence-electron chi connectivity index (χ2n) is 7.43. The minimum absolute atomic E-state index is 0.259. The van der Waals surface area contributed by atoms with Crippen LogP contribution in [0.25, 0.3) is 0 Å². The quantitative estimate of drug-likeness (QED) is 0.452. The fraction of sp³-hybridized carbons (Fsp3) is 0.200. The summed E-state index contributed by atoms with van der Waals surface area (Å²) in [5.74, 6) is 0.190. The minimum atomic E-state index is -3.78. The molecule has 34 heavy (non-hydrogen) atoms. The molecule has 1 amide bonds. The van der Waals surface area contributed by atoms with Crippen LogP contribution >= 0.6 is 0 Å². The predicted octanol–water partition coefficient (Wildman–Crippen LogP) is 4.45. The Morgan fingerprint density at radius 2 is 1.50 bits per heavy atom. The first kappa shape index (κ1) is 24.8. The number of benzene rings is 3. The number of para-hydroxylation sites is 1. The van der Waals surface area contributed by atoms with Gasteiger partial charge in [0.1, 0.15) is 17.5 Å². The molecule has 0 heterocycles. The first-order valence-corrected chi connectivity index (χ1v) is 12.4. The lowest BCUT2D eigenvalue weighted by Crippen LogP contribution is -2.45. The summed E-state index contributed by atoms with van der Waals surface area (Å²) in [7, 11) is -3.78. The molecule has 1 atom stereocenters. The Hall–Kier alpha value is -3.85. The van der Waals surface area contributed by atoms with Crippen molar-refractivity contribution in [3.05, 3.63) is 84.4 Å². The lowest BCUT2D eigenvalue weighted by Gasteiger charge is -2.28. The Kier molecular flexibility index (Phi) is 7.91. The molecule has 0 saturated heterocycles. The molecule has 0 aliphatic carbocycles. The Bertz CT molecular complexity index is 1230. The number of esters is 1. The number of nitrogens with one attached hydrogen (secondary N) is 1. The summed E-state index contributed by atoms with van der Waals surface area (Å²) in [5, 5.41) is 2.68. The van der Waals surface area contributed by atoms with E-state index in [0.29, 0.717) is 28.4 Å². The van der Waals surface area contributed by atoms with Gasteiger partial charge >= 0.3 is 5.97 Å². The van der Waals surface area contributed by atoms with Crippen LogP contribution in [0.1, 0.15) is 24.2 Å². The average molecular weight is 483 g/mol. The summed E-state index contributed by atoms with van der Waals surface area (Å²) in [4.78, 5) is 24.6. The van der Waals surface area contributed by atoms with E-state index in [2.05, 4.69) is 5.32 Å². The van der Waals surface area contributed by atoms with Crippen molar-refractivity contribution in [3.8, 4) is 11.5 Å². The monoisotopic (exact) mass is 482 g/mol. The number of hydrogen-bond acceptors (Lipinski definition) is 6. The number of sulfonamides is 1. The maximum atomic E-state index is 12.9. The molecular formula is C25H26N2O6S. The van der Waals surface area contributed by atoms with Crippen molar-refractivity contribution in [3.63, 3.8) is 0 Å². The molecule has 9 heteroatoms. The Morgan fingerprint density at radius 1 is 0.912 bits per heavy atom. The van der Waals surface area contributed by atoms with E-state index < -0.39 is 27.9 Å². The lowest BCUT2D eigenvalue weighted by molar-refractivity contribution is -0.116. The van der Waals surface area contributed by atoms with Gasteiger partial charge in [0.25, 0.3) is 0 Å². The van der Waals surface area contributed by atoms with Crippen molar-refractivity contribution >= 4 is 33.3 Å². The molecule has 178 valence electrons. The van der Waals surface area contributed by atoms with Crippen LogP contribution in [-0.4, -0.2) is 39.2 Å². The van der Waals surface area contributed by atoms with Crippen LogP contribution in [0.5, 0.6) is 11.5 Å². The van der Waals surface area contributed by atoms with E-state index in [1.165, 1.54) is 19.1 Å². The molecule has 8 nitrogen and oxygen atoms in total. The molecule has 3 aromatic rings. The highest BCUT2D eigenvalue weighted by molar-refractivity contribution is 7.92. The van der Waals surface area contributed by atoms with E-state index in [4.69, 9.17) is 9.47 Å². The smallest absolute Gasteiger partial charge is 0.338 e. The Balaban J connectivity index is 1.74. The van der Waals surface area contributed by atoms with Gasteiger partial charge in [-0.15, -0.1) is 0 Å². The van der Waals surface area contributed by atoms with Crippen molar-refractivity contribution in [2.45, 2.75) is 19.9 Å². The second-order valence-corrected chi connectivity index (χ2v) is 9.29. The highest BCUT2D eigenvalue weighted by atomic mass is 32.2. The van der Waals surface area contributed by atoms with Gasteiger partial charge in [0.05, 0.1) is 24.1 Å². The molecule has 0 fully saturated rings. The molecule has 0 spiro atoms. The van der Waals surface area contributed by atoms with Crippen LogP contribution in [0.3, 0.4) is 0 Å². The number of hydrogen-bond donors (Lipinski definition) is 1. The zero-order valence-corrected chi connectivity index (χ0v) is 19.9. The van der Waals surface area contributed by atoms with Gasteiger partial charge in [-0.3, -0.25) is 9.10 Å². The second kappa shape index (κ2) is 10.8. The van der Waals surface area contributed by atoms with Crippen LogP contribution in [0.4, 0.5) is 11.4 Å². The highest BCUT2D eigenvalue weighted by Crippen LogP contribution is 2.27. The summed E-state index contributed by atoms with van der Waals surface area (Å²) in [6.45, 7) is 3.47. The first-order chi connectivity index (χ1) is 16.2. The van der Waals surface area contributed by atoms with Crippen molar-refractivity contribution < 1.29 is 27.5 Å². The third-order valence-corrected chi connectivity index (χ3v) is 6.06. The van der Waals surface area contributed by atoms with Crippen LogP contribution in [-0.2, 0) is 19.6 Å². The van der Waals surface area contributed by atoms with Gasteiger partial charge in [-0.2, -0.15) is 0 Å². The third kappa shape index (κ3) is 6.35. The van der Waals surface area contributed by atoms with E-state index in [9.17, 15) is 18.0 Å². The molecular weight excluding hydrogens is 456 g/mol. The van der Waals surface area contributed by atoms with E-state index >= 15 is 0 Å². The van der Waals surface area contributed by atoms with Gasteiger partial charge in [0.2, 0.25) is 15.9 Å². The molecule has 0 aromatic heterocycles. The van der Waals surface area contributed by atoms with E-state index in [-0.39, 0.29) is 6.61 Å². The van der Waals surface area contributed by atoms with E-state index in [0.717, 1.165) is 10.6 Å². The van der Waals surface area contributed by atoms with Crippen molar-refractivity contribution in [1.29, 1.82) is 0 Å². The zero-order chi connectivity index (χ0) is 24.7. The van der Waals surface area contributed by atoms with Gasteiger partial charge in [-0.05, 0) is 74.5 Å². The van der Waals surface area contributed by atoms with Gasteiger partial charge in [0, 0.05) is 5.69 Å². The summed E-state index contributed by atoms with van der Waals surface area (Å²) in [6, 6.07) is 20.7. The fourth-order valence-electron chi connectivity index (χ4n) is 3.25. The number of anilines is 2. The van der Waals surface area contributed by atoms with Crippen molar-refractivity contribution in [2.24, 2.45) is 0 Å². The summed E-state index contributed by atoms with van der Waals surface area (Å²) in [6.07, 6.45) is 1.04. The fourth-order valence-corrected chi connectivity index (χ4v) is 4.42. The molecule has 0 saturated carbocycles. The number of ether oxygens (including phenoxy) is 2. The molecule has 0 radical (unpaired) electrons. The first-order valence-electron chi connectivity index (χ1n) is 10.6. The summed E-state index contributed by atoms with van der Waals surface area (Å²) in [5.41, 5.74) is 1.09. The average Bonchev–Trinajstić information content (AvgIpc) is 2.80. The lowest BCUT2D eigenvalue weighted by atomic mass is 10.2. The molecule has 1 N–H and O–H groups in total. The molecule has 0 bridgehead atoms. The van der Waals surface area contributed by atoms with Crippen LogP contribution in [0.2, 0.25) is 0 Å². The van der Waals surface area contributed by atoms with Gasteiger partial charge in [0.15, 0.2) is 0 Å². The SMILES string of the molecule is CCOC(=O)c1ccc(NC(=O)[C@@H](C)N(c2ccc(Oc3ccccc3)cc2)S(C)(=O)=O)cc1. The molecule has 3 rings (SSSR count). The largest absolute Gasteiger partial charge is 0.462 e. The van der Waals surface area contributed by atoms with E-state index in [1.807, 2.05) is 30.3 Å². The molecule has 0 unspecified atom stereocenters. The maximum absolute atomic E-state index is 12.9. The van der Waals surface area contributed by atoms with Gasteiger partial charge < -0.3 is 14.8 Å². The number of nitrogens with zero attached hydrogens (tertiary/aromatic N) is 1. The normalized spacial score (nSPS) is 11.9. The highest BCUT2D eigenvalue weighted by Gasteiger charge is 2.29. The summed E-state index contributed by atoms with van der Waals surface area (Å²) < 4.78 is 36.8. The van der Waals surface area contributed by atoms with Crippen LogP contribution in [0, 0.1) is 0 Å².